The number of nitrogens with zero attached hydrogens (tertiary/aromatic N) is 2. The van der Waals surface area contributed by atoms with E-state index in [0.717, 1.165) is 36.6 Å². The first-order valence-corrected chi connectivity index (χ1v) is 6.74. The number of rotatable bonds is 2. The molecule has 94 valence electrons. The van der Waals surface area contributed by atoms with Crippen LogP contribution in [-0.4, -0.2) is 38.2 Å². The molecule has 2 heterocycles. The van der Waals surface area contributed by atoms with E-state index in [9.17, 15) is 0 Å². The first-order chi connectivity index (χ1) is 8.15. The highest BCUT2D eigenvalue weighted by Crippen LogP contribution is 2.33. The van der Waals surface area contributed by atoms with E-state index >= 15 is 0 Å². The van der Waals surface area contributed by atoms with E-state index in [-0.39, 0.29) is 0 Å². The summed E-state index contributed by atoms with van der Waals surface area (Å²) in [6.07, 6.45) is 0. The maximum Gasteiger partial charge on any atom is 0.132 e. The second-order valence-electron chi connectivity index (χ2n) is 4.34. The molecule has 0 aromatic carbocycles. The molecular weight excluding hydrogens is 280 g/mol. The lowest BCUT2D eigenvalue weighted by atomic mass is 10.1. The molecule has 5 heteroatoms. The Morgan fingerprint density at radius 2 is 1.88 bits per heavy atom. The van der Waals surface area contributed by atoms with Crippen molar-refractivity contribution in [2.75, 3.05) is 43.4 Å². The van der Waals surface area contributed by atoms with Gasteiger partial charge >= 0.3 is 0 Å². The molecule has 1 fully saturated rings. The molecule has 0 bridgehead atoms. The van der Waals surface area contributed by atoms with Crippen molar-refractivity contribution < 1.29 is 0 Å². The Hall–Kier alpha value is -0.810. The fraction of sp³-hybridized carbons (Fsp3) is 0.583. The van der Waals surface area contributed by atoms with E-state index in [4.69, 9.17) is 0 Å². The Balaban J connectivity index is 2.42. The van der Waals surface area contributed by atoms with Gasteiger partial charge in [0.15, 0.2) is 0 Å². The van der Waals surface area contributed by atoms with Gasteiger partial charge in [0, 0.05) is 33.2 Å². The van der Waals surface area contributed by atoms with Crippen molar-refractivity contribution in [1.82, 2.24) is 10.3 Å². The highest BCUT2D eigenvalue weighted by atomic mass is 79.9. The van der Waals surface area contributed by atoms with Crippen LogP contribution in [0, 0.1) is 13.8 Å². The van der Waals surface area contributed by atoms with Crippen molar-refractivity contribution in [3.05, 3.63) is 15.7 Å². The van der Waals surface area contributed by atoms with Crippen LogP contribution in [0.2, 0.25) is 0 Å². The van der Waals surface area contributed by atoms with Gasteiger partial charge in [0.25, 0.3) is 0 Å². The second kappa shape index (κ2) is 5.23. The molecule has 0 amide bonds. The fourth-order valence-corrected chi connectivity index (χ4v) is 2.97. The third kappa shape index (κ3) is 2.40. The maximum absolute atomic E-state index is 4.57. The van der Waals surface area contributed by atoms with Crippen molar-refractivity contribution in [2.24, 2.45) is 0 Å². The zero-order valence-electron chi connectivity index (χ0n) is 10.6. The molecule has 1 aromatic heterocycles. The molecule has 1 aliphatic rings. The SMILES string of the molecule is CNc1nc(Br)c(N2CCNCC2)c(C)c1C. The molecule has 0 radical (unpaired) electrons. The summed E-state index contributed by atoms with van der Waals surface area (Å²) in [5.74, 6) is 0.952. The smallest absolute Gasteiger partial charge is 0.132 e. The molecule has 2 N–H and O–H groups in total. The lowest BCUT2D eigenvalue weighted by molar-refractivity contribution is 0.587. The molecule has 0 saturated carbocycles. The van der Waals surface area contributed by atoms with Gasteiger partial charge in [-0.2, -0.15) is 0 Å². The van der Waals surface area contributed by atoms with Gasteiger partial charge in [0.2, 0.25) is 0 Å². The third-order valence-electron chi connectivity index (χ3n) is 3.35. The summed E-state index contributed by atoms with van der Waals surface area (Å²) >= 11 is 3.60. The average Bonchev–Trinajstić information content (AvgIpc) is 2.35. The molecular formula is C12H19BrN4. The minimum atomic E-state index is 0.937. The van der Waals surface area contributed by atoms with E-state index in [0.29, 0.717) is 0 Å². The summed E-state index contributed by atoms with van der Waals surface area (Å²) in [5.41, 5.74) is 3.77. The predicted molar refractivity (Wildman–Crippen MR) is 76.0 cm³/mol. The van der Waals surface area contributed by atoms with Crippen LogP contribution in [0.1, 0.15) is 11.1 Å². The van der Waals surface area contributed by atoms with Crippen LogP contribution in [0.4, 0.5) is 11.5 Å². The van der Waals surface area contributed by atoms with Gasteiger partial charge in [-0.25, -0.2) is 4.98 Å². The van der Waals surface area contributed by atoms with Crippen molar-refractivity contribution in [3.63, 3.8) is 0 Å². The highest BCUT2D eigenvalue weighted by Gasteiger charge is 2.19. The molecule has 1 aromatic rings. The summed E-state index contributed by atoms with van der Waals surface area (Å²) in [7, 11) is 1.91. The summed E-state index contributed by atoms with van der Waals surface area (Å²) in [6.45, 7) is 8.45. The van der Waals surface area contributed by atoms with E-state index in [1.165, 1.54) is 16.8 Å². The van der Waals surface area contributed by atoms with Gasteiger partial charge in [-0.3, -0.25) is 0 Å². The van der Waals surface area contributed by atoms with Gasteiger partial charge in [0.05, 0.1) is 5.69 Å². The summed E-state index contributed by atoms with van der Waals surface area (Å²) in [6, 6.07) is 0. The predicted octanol–water partition coefficient (Wildman–Crippen LogP) is 1.91. The van der Waals surface area contributed by atoms with Crippen molar-refractivity contribution in [1.29, 1.82) is 0 Å². The molecule has 1 saturated heterocycles. The molecule has 0 aliphatic carbocycles. The summed E-state index contributed by atoms with van der Waals surface area (Å²) in [5, 5.41) is 6.51. The first kappa shape index (κ1) is 12.6. The number of pyridine rings is 1. The summed E-state index contributed by atoms with van der Waals surface area (Å²) in [4.78, 5) is 6.97. The third-order valence-corrected chi connectivity index (χ3v) is 3.90. The average molecular weight is 299 g/mol. The molecule has 1 aliphatic heterocycles. The summed E-state index contributed by atoms with van der Waals surface area (Å²) < 4.78 is 0.937. The minimum absolute atomic E-state index is 0.937. The lowest BCUT2D eigenvalue weighted by Gasteiger charge is -2.32. The van der Waals surface area contributed by atoms with Crippen molar-refractivity contribution in [3.8, 4) is 0 Å². The fourth-order valence-electron chi connectivity index (χ4n) is 2.24. The molecule has 4 nitrogen and oxygen atoms in total. The lowest BCUT2D eigenvalue weighted by Crippen LogP contribution is -2.44. The van der Waals surface area contributed by atoms with Crippen LogP contribution < -0.4 is 15.5 Å². The van der Waals surface area contributed by atoms with Crippen LogP contribution >= 0.6 is 15.9 Å². The Labute approximate surface area is 111 Å². The quantitative estimate of drug-likeness (QED) is 0.819. The topological polar surface area (TPSA) is 40.2 Å². The zero-order chi connectivity index (χ0) is 12.4. The van der Waals surface area contributed by atoms with Gasteiger partial charge in [-0.05, 0) is 40.9 Å². The standard InChI is InChI=1S/C12H19BrN4/c1-8-9(2)12(14-3)16-11(13)10(8)17-6-4-15-5-7-17/h15H,4-7H2,1-3H3,(H,14,16). The minimum Gasteiger partial charge on any atom is -0.373 e. The maximum atomic E-state index is 4.57. The van der Waals surface area contributed by atoms with Crippen LogP contribution in [0.25, 0.3) is 0 Å². The van der Waals surface area contributed by atoms with E-state index in [1.54, 1.807) is 0 Å². The Morgan fingerprint density at radius 3 is 2.47 bits per heavy atom. The van der Waals surface area contributed by atoms with Crippen LogP contribution in [0.5, 0.6) is 0 Å². The molecule has 0 atom stereocenters. The van der Waals surface area contributed by atoms with E-state index in [1.807, 2.05) is 7.05 Å². The van der Waals surface area contributed by atoms with Crippen LogP contribution in [0.15, 0.2) is 4.60 Å². The number of nitrogens with one attached hydrogen (secondary N) is 2. The van der Waals surface area contributed by atoms with Gasteiger partial charge in [-0.15, -0.1) is 0 Å². The Morgan fingerprint density at radius 1 is 1.24 bits per heavy atom. The molecule has 0 spiro atoms. The second-order valence-corrected chi connectivity index (χ2v) is 5.09. The number of hydrogen-bond donors (Lipinski definition) is 2. The Bertz CT molecular complexity index is 413. The normalized spacial score (nSPS) is 16.1. The van der Waals surface area contributed by atoms with Gasteiger partial charge in [0.1, 0.15) is 10.4 Å². The number of aromatic nitrogens is 1. The zero-order valence-corrected chi connectivity index (χ0v) is 12.2. The molecule has 0 unspecified atom stereocenters. The number of hydrogen-bond acceptors (Lipinski definition) is 4. The highest BCUT2D eigenvalue weighted by molar-refractivity contribution is 9.10. The molecule has 17 heavy (non-hydrogen) atoms. The number of piperazine rings is 1. The first-order valence-electron chi connectivity index (χ1n) is 5.95. The van der Waals surface area contributed by atoms with Gasteiger partial charge in [-0.1, -0.05) is 0 Å². The number of halogens is 1. The Kier molecular flexibility index (Phi) is 3.89. The largest absolute Gasteiger partial charge is 0.373 e. The van der Waals surface area contributed by atoms with Crippen LogP contribution in [-0.2, 0) is 0 Å². The van der Waals surface area contributed by atoms with Crippen molar-refractivity contribution >= 4 is 27.4 Å². The monoisotopic (exact) mass is 298 g/mol. The van der Waals surface area contributed by atoms with Crippen LogP contribution in [0.3, 0.4) is 0 Å². The van der Waals surface area contributed by atoms with E-state index < -0.39 is 0 Å². The van der Waals surface area contributed by atoms with E-state index in [2.05, 4.69) is 50.3 Å². The van der Waals surface area contributed by atoms with Gasteiger partial charge < -0.3 is 15.5 Å². The molecule has 2 rings (SSSR count). The number of anilines is 2. The van der Waals surface area contributed by atoms with Crippen molar-refractivity contribution in [2.45, 2.75) is 13.8 Å².